The van der Waals surface area contributed by atoms with E-state index >= 15 is 0 Å². The number of aromatic nitrogens is 1. The van der Waals surface area contributed by atoms with Crippen molar-refractivity contribution in [3.05, 3.63) is 163 Å². The Kier molecular flexibility index (Phi) is 6.09. The van der Waals surface area contributed by atoms with Crippen molar-refractivity contribution in [2.24, 2.45) is 0 Å². The Hall–Kier alpha value is -5.32. The first-order valence-corrected chi connectivity index (χ1v) is 16.5. The van der Waals surface area contributed by atoms with E-state index in [1.807, 2.05) is 11.8 Å². The number of nitrogens with zero attached hydrogens (tertiary/aromatic N) is 3. The van der Waals surface area contributed by atoms with E-state index in [1.54, 1.807) is 0 Å². The molecule has 0 aliphatic carbocycles. The van der Waals surface area contributed by atoms with Crippen LogP contribution in [0.1, 0.15) is 25.0 Å². The van der Waals surface area contributed by atoms with Crippen molar-refractivity contribution in [1.29, 1.82) is 0 Å². The van der Waals surface area contributed by atoms with Crippen LogP contribution in [0.3, 0.4) is 0 Å². The van der Waals surface area contributed by atoms with Gasteiger partial charge in [-0.2, -0.15) is 0 Å². The fraction of sp³-hybridized carbons (Fsp3) is 0.0714. The standard InChI is InChI=1S/C42H31N3S/c1-42(2)32-15-7-9-17-35(32)45(41-25-22-28-12-6-8-16-34(28)43-41)36-23-20-29(26-33(36)42)30-21-24-38-40(27-30)46-39-19-11-10-18-37(39)44(38)31-13-4-3-5-14-31/h3-27H,1-2H3. The van der Waals surface area contributed by atoms with Gasteiger partial charge in [0.2, 0.25) is 0 Å². The summed E-state index contributed by atoms with van der Waals surface area (Å²) in [6.45, 7) is 4.69. The number of rotatable bonds is 3. The lowest BCUT2D eigenvalue weighted by Gasteiger charge is -2.41. The van der Waals surface area contributed by atoms with E-state index in [1.165, 1.54) is 60.5 Å². The van der Waals surface area contributed by atoms with Crippen LogP contribution >= 0.6 is 11.8 Å². The fourth-order valence-corrected chi connectivity index (χ4v) is 8.20. The summed E-state index contributed by atoms with van der Waals surface area (Å²) >= 11 is 1.85. The second-order valence-corrected chi connectivity index (χ2v) is 13.6. The summed E-state index contributed by atoms with van der Waals surface area (Å²) in [6, 6.07) is 54.7. The summed E-state index contributed by atoms with van der Waals surface area (Å²) in [6.07, 6.45) is 0. The molecule has 0 unspecified atom stereocenters. The molecule has 0 spiro atoms. The second kappa shape index (κ2) is 10.4. The lowest BCUT2D eigenvalue weighted by atomic mass is 9.73. The van der Waals surface area contributed by atoms with Gasteiger partial charge in [-0.15, -0.1) is 0 Å². The third-order valence-corrected chi connectivity index (χ3v) is 10.5. The molecule has 3 nitrogen and oxygen atoms in total. The van der Waals surface area contributed by atoms with Crippen LogP contribution in [0.15, 0.2) is 161 Å². The molecule has 6 aromatic carbocycles. The number of pyridine rings is 1. The Morgan fingerprint density at radius 2 is 1.15 bits per heavy atom. The van der Waals surface area contributed by atoms with Gasteiger partial charge >= 0.3 is 0 Å². The number of para-hydroxylation sites is 4. The predicted molar refractivity (Wildman–Crippen MR) is 193 cm³/mol. The monoisotopic (exact) mass is 609 g/mol. The van der Waals surface area contributed by atoms with E-state index in [0.717, 1.165) is 16.7 Å². The van der Waals surface area contributed by atoms with Gasteiger partial charge < -0.3 is 4.90 Å². The number of hydrogen-bond donors (Lipinski definition) is 0. The van der Waals surface area contributed by atoms with Gasteiger partial charge in [-0.05, 0) is 95.1 Å². The normalized spacial score (nSPS) is 14.3. The average Bonchev–Trinajstić information content (AvgIpc) is 3.11. The van der Waals surface area contributed by atoms with E-state index < -0.39 is 0 Å². The van der Waals surface area contributed by atoms with Crippen LogP contribution < -0.4 is 9.80 Å². The van der Waals surface area contributed by atoms with E-state index in [0.29, 0.717) is 0 Å². The summed E-state index contributed by atoms with van der Waals surface area (Å²) in [5.74, 6) is 0.931. The molecular formula is C42H31N3S. The molecule has 0 N–H and O–H groups in total. The quantitative estimate of drug-likeness (QED) is 0.198. The highest BCUT2D eigenvalue weighted by molar-refractivity contribution is 7.99. The minimum Gasteiger partial charge on any atom is -0.308 e. The molecular weight excluding hydrogens is 579 g/mol. The zero-order valence-corrected chi connectivity index (χ0v) is 26.5. The number of hydrogen-bond acceptors (Lipinski definition) is 4. The van der Waals surface area contributed by atoms with E-state index in [2.05, 4.69) is 175 Å². The molecule has 4 heteroatoms. The largest absolute Gasteiger partial charge is 0.308 e. The highest BCUT2D eigenvalue weighted by atomic mass is 32.2. The Bertz CT molecular complexity index is 2290. The number of anilines is 6. The van der Waals surface area contributed by atoms with Crippen molar-refractivity contribution >= 4 is 56.9 Å². The first kappa shape index (κ1) is 27.0. The Morgan fingerprint density at radius 1 is 0.500 bits per heavy atom. The molecule has 46 heavy (non-hydrogen) atoms. The zero-order chi connectivity index (χ0) is 30.8. The van der Waals surface area contributed by atoms with Crippen molar-refractivity contribution in [2.75, 3.05) is 9.80 Å². The van der Waals surface area contributed by atoms with E-state index in [4.69, 9.17) is 4.98 Å². The lowest BCUT2D eigenvalue weighted by molar-refractivity contribution is 0.631. The van der Waals surface area contributed by atoms with Crippen molar-refractivity contribution in [1.82, 2.24) is 4.98 Å². The van der Waals surface area contributed by atoms with Crippen LogP contribution in [-0.2, 0) is 5.41 Å². The highest BCUT2D eigenvalue weighted by Gasteiger charge is 2.37. The van der Waals surface area contributed by atoms with Crippen LogP contribution in [-0.4, -0.2) is 4.98 Å². The second-order valence-electron chi connectivity index (χ2n) is 12.5. The minimum atomic E-state index is -0.193. The van der Waals surface area contributed by atoms with Crippen LogP contribution in [0.4, 0.5) is 34.3 Å². The third kappa shape index (κ3) is 4.18. The zero-order valence-electron chi connectivity index (χ0n) is 25.7. The first-order chi connectivity index (χ1) is 22.6. The highest BCUT2D eigenvalue weighted by Crippen LogP contribution is 2.54. The van der Waals surface area contributed by atoms with Crippen molar-refractivity contribution in [3.8, 4) is 11.1 Å². The molecule has 3 heterocycles. The smallest absolute Gasteiger partial charge is 0.138 e. The average molecular weight is 610 g/mol. The van der Waals surface area contributed by atoms with Crippen molar-refractivity contribution in [3.63, 3.8) is 0 Å². The molecule has 2 aliphatic rings. The predicted octanol–water partition coefficient (Wildman–Crippen LogP) is 11.9. The summed E-state index contributed by atoms with van der Waals surface area (Å²) in [5.41, 5.74) is 11.8. The summed E-state index contributed by atoms with van der Waals surface area (Å²) in [4.78, 5) is 12.4. The van der Waals surface area contributed by atoms with Crippen LogP contribution in [0.25, 0.3) is 22.0 Å². The van der Waals surface area contributed by atoms with Gasteiger partial charge in [0.25, 0.3) is 0 Å². The molecule has 0 fully saturated rings. The van der Waals surface area contributed by atoms with Gasteiger partial charge in [-0.1, -0.05) is 104 Å². The maximum Gasteiger partial charge on any atom is 0.138 e. The summed E-state index contributed by atoms with van der Waals surface area (Å²) in [7, 11) is 0. The number of fused-ring (bicyclic) bond motifs is 5. The van der Waals surface area contributed by atoms with Crippen LogP contribution in [0.2, 0.25) is 0 Å². The summed E-state index contributed by atoms with van der Waals surface area (Å²) in [5, 5.41) is 1.14. The molecule has 0 radical (unpaired) electrons. The van der Waals surface area contributed by atoms with Crippen LogP contribution in [0, 0.1) is 0 Å². The van der Waals surface area contributed by atoms with Gasteiger partial charge in [0.1, 0.15) is 5.82 Å². The molecule has 0 amide bonds. The van der Waals surface area contributed by atoms with Crippen molar-refractivity contribution in [2.45, 2.75) is 29.1 Å². The van der Waals surface area contributed by atoms with Gasteiger partial charge in [0.15, 0.2) is 0 Å². The molecule has 0 saturated heterocycles. The summed E-state index contributed by atoms with van der Waals surface area (Å²) < 4.78 is 0. The van der Waals surface area contributed by atoms with E-state index in [9.17, 15) is 0 Å². The van der Waals surface area contributed by atoms with Gasteiger partial charge in [0.05, 0.1) is 28.3 Å². The molecule has 0 saturated carbocycles. The van der Waals surface area contributed by atoms with Gasteiger partial charge in [-0.3, -0.25) is 4.90 Å². The van der Waals surface area contributed by atoms with E-state index in [-0.39, 0.29) is 5.41 Å². The molecule has 7 aromatic rings. The molecule has 1 aromatic heterocycles. The fourth-order valence-electron chi connectivity index (χ4n) is 7.10. The van der Waals surface area contributed by atoms with Crippen molar-refractivity contribution < 1.29 is 0 Å². The minimum absolute atomic E-state index is 0.193. The molecule has 0 bridgehead atoms. The Balaban J connectivity index is 1.18. The van der Waals surface area contributed by atoms with Crippen LogP contribution in [0.5, 0.6) is 0 Å². The first-order valence-electron chi connectivity index (χ1n) is 15.7. The number of benzene rings is 6. The topological polar surface area (TPSA) is 19.4 Å². The Morgan fingerprint density at radius 3 is 2.02 bits per heavy atom. The lowest BCUT2D eigenvalue weighted by Crippen LogP contribution is -2.31. The molecule has 220 valence electrons. The third-order valence-electron chi connectivity index (χ3n) is 9.42. The van der Waals surface area contributed by atoms with Gasteiger partial charge in [-0.25, -0.2) is 4.98 Å². The van der Waals surface area contributed by atoms with Gasteiger partial charge in [0, 0.05) is 26.3 Å². The Labute approximate surface area is 273 Å². The SMILES string of the molecule is CC1(C)c2ccccc2N(c2ccc3ccccc3n2)c2ccc(-c3ccc4c(c3)Sc3ccccc3N4c3ccccc3)cc21. The maximum atomic E-state index is 5.14. The maximum absolute atomic E-state index is 5.14. The molecule has 9 rings (SSSR count). The molecule has 2 aliphatic heterocycles. The molecule has 0 atom stereocenters.